The highest BCUT2D eigenvalue weighted by Gasteiger charge is 2.05. The van der Waals surface area contributed by atoms with E-state index in [0.29, 0.717) is 19.0 Å². The van der Waals surface area contributed by atoms with Gasteiger partial charge in [0, 0.05) is 42.8 Å². The van der Waals surface area contributed by atoms with Gasteiger partial charge < -0.3 is 15.4 Å². The fourth-order valence-electron chi connectivity index (χ4n) is 2.46. The normalized spacial score (nSPS) is 10.3. The summed E-state index contributed by atoms with van der Waals surface area (Å²) in [6.07, 6.45) is 3.58. The molecule has 0 spiro atoms. The van der Waals surface area contributed by atoms with Crippen molar-refractivity contribution in [3.63, 3.8) is 0 Å². The molecule has 2 heterocycles. The SMILES string of the molecule is COc1ccccc1CNc1cc(C)nc(NCc2cccnc2)n1. The van der Waals surface area contributed by atoms with E-state index in [2.05, 4.69) is 25.6 Å². The number of benzene rings is 1. The number of aryl methyl sites for hydroxylation is 1. The van der Waals surface area contributed by atoms with Gasteiger partial charge in [0.1, 0.15) is 11.6 Å². The number of aromatic nitrogens is 3. The average molecular weight is 335 g/mol. The fraction of sp³-hybridized carbons (Fsp3) is 0.211. The molecule has 25 heavy (non-hydrogen) atoms. The Kier molecular flexibility index (Phi) is 5.41. The van der Waals surface area contributed by atoms with Gasteiger partial charge in [0.05, 0.1) is 7.11 Å². The second-order valence-corrected chi connectivity index (χ2v) is 5.60. The van der Waals surface area contributed by atoms with Crippen molar-refractivity contribution >= 4 is 11.8 Å². The Hall–Kier alpha value is -3.15. The number of rotatable bonds is 7. The lowest BCUT2D eigenvalue weighted by Gasteiger charge is -2.12. The van der Waals surface area contributed by atoms with Gasteiger partial charge in [0.2, 0.25) is 5.95 Å². The number of nitrogens with one attached hydrogen (secondary N) is 2. The Labute approximate surface area is 147 Å². The second-order valence-electron chi connectivity index (χ2n) is 5.60. The quantitative estimate of drug-likeness (QED) is 0.689. The molecule has 0 unspecified atom stereocenters. The molecule has 0 aliphatic heterocycles. The van der Waals surface area contributed by atoms with Crippen LogP contribution in [0.4, 0.5) is 11.8 Å². The Bertz CT molecular complexity index is 823. The monoisotopic (exact) mass is 335 g/mol. The molecule has 2 N–H and O–H groups in total. The van der Waals surface area contributed by atoms with Gasteiger partial charge in [-0.15, -0.1) is 0 Å². The molecule has 0 bridgehead atoms. The lowest BCUT2D eigenvalue weighted by Crippen LogP contribution is -2.08. The number of nitrogens with zero attached hydrogens (tertiary/aromatic N) is 3. The molecule has 0 saturated carbocycles. The van der Waals surface area contributed by atoms with Gasteiger partial charge in [-0.1, -0.05) is 24.3 Å². The first-order valence-corrected chi connectivity index (χ1v) is 8.09. The van der Waals surface area contributed by atoms with Crippen LogP contribution in [0.2, 0.25) is 0 Å². The summed E-state index contributed by atoms with van der Waals surface area (Å²) in [5.41, 5.74) is 3.05. The molecule has 0 radical (unpaired) electrons. The van der Waals surface area contributed by atoms with E-state index in [-0.39, 0.29) is 0 Å². The highest BCUT2D eigenvalue weighted by molar-refractivity contribution is 5.44. The first kappa shape index (κ1) is 16.7. The van der Waals surface area contributed by atoms with Crippen molar-refractivity contribution in [1.29, 1.82) is 0 Å². The molecule has 6 heteroatoms. The Morgan fingerprint density at radius 3 is 2.68 bits per heavy atom. The van der Waals surface area contributed by atoms with Crippen LogP contribution in [0.25, 0.3) is 0 Å². The van der Waals surface area contributed by atoms with E-state index in [4.69, 9.17) is 4.74 Å². The molecule has 0 atom stereocenters. The van der Waals surface area contributed by atoms with Gasteiger partial charge in [0.15, 0.2) is 0 Å². The molecule has 0 amide bonds. The summed E-state index contributed by atoms with van der Waals surface area (Å²) in [5.74, 6) is 2.22. The summed E-state index contributed by atoms with van der Waals surface area (Å²) in [7, 11) is 1.67. The van der Waals surface area contributed by atoms with Crippen molar-refractivity contribution < 1.29 is 4.74 Å². The summed E-state index contributed by atoms with van der Waals surface area (Å²) in [6.45, 7) is 3.21. The summed E-state index contributed by atoms with van der Waals surface area (Å²) in [4.78, 5) is 13.1. The van der Waals surface area contributed by atoms with E-state index in [1.54, 1.807) is 13.3 Å². The molecule has 3 aromatic rings. The van der Waals surface area contributed by atoms with Crippen molar-refractivity contribution in [2.24, 2.45) is 0 Å². The predicted octanol–water partition coefficient (Wildman–Crippen LogP) is 3.41. The van der Waals surface area contributed by atoms with E-state index in [1.165, 1.54) is 0 Å². The summed E-state index contributed by atoms with van der Waals surface area (Å²) >= 11 is 0. The smallest absolute Gasteiger partial charge is 0.225 e. The highest BCUT2D eigenvalue weighted by Crippen LogP contribution is 2.19. The van der Waals surface area contributed by atoms with Gasteiger partial charge >= 0.3 is 0 Å². The Morgan fingerprint density at radius 2 is 1.88 bits per heavy atom. The lowest BCUT2D eigenvalue weighted by molar-refractivity contribution is 0.410. The Morgan fingerprint density at radius 1 is 1.00 bits per heavy atom. The minimum Gasteiger partial charge on any atom is -0.496 e. The largest absolute Gasteiger partial charge is 0.496 e. The van der Waals surface area contributed by atoms with Crippen LogP contribution < -0.4 is 15.4 Å². The summed E-state index contributed by atoms with van der Waals surface area (Å²) < 4.78 is 5.38. The lowest BCUT2D eigenvalue weighted by atomic mass is 10.2. The molecule has 0 saturated heterocycles. The predicted molar refractivity (Wildman–Crippen MR) is 98.7 cm³/mol. The van der Waals surface area contributed by atoms with E-state index in [1.807, 2.05) is 55.6 Å². The molecule has 0 fully saturated rings. The van der Waals surface area contributed by atoms with E-state index in [0.717, 1.165) is 28.4 Å². The molecule has 6 nitrogen and oxygen atoms in total. The number of ether oxygens (including phenoxy) is 1. The fourth-order valence-corrected chi connectivity index (χ4v) is 2.46. The number of hydrogen-bond donors (Lipinski definition) is 2. The highest BCUT2D eigenvalue weighted by atomic mass is 16.5. The zero-order valence-electron chi connectivity index (χ0n) is 14.4. The topological polar surface area (TPSA) is 72.0 Å². The molecule has 0 aliphatic carbocycles. The molecule has 1 aromatic carbocycles. The van der Waals surface area contributed by atoms with Gasteiger partial charge in [-0.3, -0.25) is 4.98 Å². The number of pyridine rings is 1. The van der Waals surface area contributed by atoms with Crippen molar-refractivity contribution in [2.45, 2.75) is 20.0 Å². The maximum absolute atomic E-state index is 5.38. The summed E-state index contributed by atoms with van der Waals surface area (Å²) in [6, 6.07) is 13.8. The van der Waals surface area contributed by atoms with Crippen molar-refractivity contribution in [1.82, 2.24) is 15.0 Å². The van der Waals surface area contributed by atoms with Crippen LogP contribution >= 0.6 is 0 Å². The molecular formula is C19H21N5O. The van der Waals surface area contributed by atoms with Crippen LogP contribution in [0.1, 0.15) is 16.8 Å². The Balaban J connectivity index is 1.67. The number of hydrogen-bond acceptors (Lipinski definition) is 6. The third kappa shape index (κ3) is 4.67. The number of methoxy groups -OCH3 is 1. The van der Waals surface area contributed by atoms with Crippen molar-refractivity contribution in [3.8, 4) is 5.75 Å². The van der Waals surface area contributed by atoms with Crippen LogP contribution in [0.3, 0.4) is 0 Å². The van der Waals surface area contributed by atoms with E-state index >= 15 is 0 Å². The molecule has 3 rings (SSSR count). The summed E-state index contributed by atoms with van der Waals surface area (Å²) in [5, 5.41) is 6.57. The number of anilines is 2. The van der Waals surface area contributed by atoms with Gasteiger partial charge in [-0.2, -0.15) is 4.98 Å². The van der Waals surface area contributed by atoms with Gasteiger partial charge in [0.25, 0.3) is 0 Å². The van der Waals surface area contributed by atoms with Crippen molar-refractivity contribution in [2.75, 3.05) is 17.7 Å². The maximum Gasteiger partial charge on any atom is 0.225 e. The molecule has 2 aromatic heterocycles. The minimum absolute atomic E-state index is 0.589. The first-order chi connectivity index (χ1) is 12.2. The second kappa shape index (κ2) is 8.10. The average Bonchev–Trinajstić information content (AvgIpc) is 2.65. The number of para-hydroxylation sites is 1. The first-order valence-electron chi connectivity index (χ1n) is 8.09. The zero-order valence-corrected chi connectivity index (χ0v) is 14.4. The minimum atomic E-state index is 0.589. The molecule has 128 valence electrons. The van der Waals surface area contributed by atoms with Crippen LogP contribution in [0.15, 0.2) is 54.9 Å². The standard InChI is InChI=1S/C19H21N5O/c1-14-10-18(21-13-16-7-3-4-8-17(16)25-2)24-19(23-14)22-12-15-6-5-9-20-11-15/h3-11H,12-13H2,1-2H3,(H2,21,22,23,24). The molecular weight excluding hydrogens is 314 g/mol. The van der Waals surface area contributed by atoms with Crippen LogP contribution in [-0.2, 0) is 13.1 Å². The van der Waals surface area contributed by atoms with Crippen molar-refractivity contribution in [3.05, 3.63) is 71.7 Å². The van der Waals surface area contributed by atoms with E-state index in [9.17, 15) is 0 Å². The van der Waals surface area contributed by atoms with E-state index < -0.39 is 0 Å². The van der Waals surface area contributed by atoms with Gasteiger partial charge in [-0.25, -0.2) is 4.98 Å². The third-order valence-corrected chi connectivity index (χ3v) is 3.68. The maximum atomic E-state index is 5.38. The molecule has 0 aliphatic rings. The third-order valence-electron chi connectivity index (χ3n) is 3.68. The van der Waals surface area contributed by atoms with Crippen LogP contribution in [0, 0.1) is 6.92 Å². The van der Waals surface area contributed by atoms with Crippen LogP contribution in [-0.4, -0.2) is 22.1 Å². The van der Waals surface area contributed by atoms with Crippen LogP contribution in [0.5, 0.6) is 5.75 Å². The van der Waals surface area contributed by atoms with Gasteiger partial charge in [-0.05, 0) is 24.6 Å². The zero-order chi connectivity index (χ0) is 17.5.